The number of fused-ring (bicyclic) bond motifs is 3. The van der Waals surface area contributed by atoms with E-state index in [2.05, 4.69) is 15.0 Å². The van der Waals surface area contributed by atoms with Crippen molar-refractivity contribution in [1.29, 1.82) is 0 Å². The summed E-state index contributed by atoms with van der Waals surface area (Å²) in [5.41, 5.74) is 1.29. The molecule has 0 fully saturated rings. The number of aliphatic imine (C=N–C) groups is 1. The molecule has 0 radical (unpaired) electrons. The van der Waals surface area contributed by atoms with Crippen molar-refractivity contribution < 1.29 is 0 Å². The van der Waals surface area contributed by atoms with Gasteiger partial charge in [-0.05, 0) is 31.2 Å². The van der Waals surface area contributed by atoms with Gasteiger partial charge < -0.3 is 4.98 Å². The van der Waals surface area contributed by atoms with Gasteiger partial charge in [-0.25, -0.2) is 4.98 Å². The summed E-state index contributed by atoms with van der Waals surface area (Å²) in [6.07, 6.45) is 4.55. The number of nitrogens with one attached hydrogen (secondary N) is 1. The number of aromatic nitrogens is 2. The summed E-state index contributed by atoms with van der Waals surface area (Å²) in [6.45, 7) is 0.910. The fourth-order valence-corrected chi connectivity index (χ4v) is 5.97. The normalized spacial score (nSPS) is 18.0. The van der Waals surface area contributed by atoms with Gasteiger partial charge in [0.25, 0.3) is 5.56 Å². The van der Waals surface area contributed by atoms with Gasteiger partial charge in [-0.15, -0.1) is 11.3 Å². The quantitative estimate of drug-likeness (QED) is 0.914. The number of aromatic amines is 1. The van der Waals surface area contributed by atoms with Crippen molar-refractivity contribution in [2.75, 3.05) is 12.3 Å². The van der Waals surface area contributed by atoms with Gasteiger partial charge in [0, 0.05) is 10.6 Å². The molecule has 0 unspecified atom stereocenters. The third-order valence-corrected chi connectivity index (χ3v) is 7.21. The molecule has 1 aliphatic heterocycles. The van der Waals surface area contributed by atoms with Crippen LogP contribution in [-0.4, -0.2) is 26.6 Å². The Morgan fingerprint density at radius 2 is 2.19 bits per heavy atom. The van der Waals surface area contributed by atoms with E-state index in [-0.39, 0.29) is 5.56 Å². The second kappa shape index (κ2) is 5.78. The number of hydrogen-bond donors (Lipinski definition) is 1. The first-order valence-electron chi connectivity index (χ1n) is 7.15. The minimum Gasteiger partial charge on any atom is -0.309 e. The third kappa shape index (κ3) is 2.66. The SMILES string of the molecule is O=c1[nH]c(CSC2=NCCS2)nc2sc3c(c12)CCCC3. The van der Waals surface area contributed by atoms with Crippen LogP contribution in [0.5, 0.6) is 0 Å². The van der Waals surface area contributed by atoms with Crippen molar-refractivity contribution in [1.82, 2.24) is 9.97 Å². The van der Waals surface area contributed by atoms with Crippen molar-refractivity contribution in [2.45, 2.75) is 31.4 Å². The van der Waals surface area contributed by atoms with Crippen LogP contribution in [0, 0.1) is 0 Å². The smallest absolute Gasteiger partial charge is 0.259 e. The van der Waals surface area contributed by atoms with Crippen molar-refractivity contribution in [3.8, 4) is 0 Å². The molecule has 7 heteroatoms. The number of nitrogens with zero attached hydrogens (tertiary/aromatic N) is 2. The molecule has 21 heavy (non-hydrogen) atoms. The minimum atomic E-state index is 0.0380. The zero-order chi connectivity index (χ0) is 14.2. The van der Waals surface area contributed by atoms with Crippen molar-refractivity contribution in [3.05, 3.63) is 26.6 Å². The molecule has 0 amide bonds. The lowest BCUT2D eigenvalue weighted by molar-refractivity contribution is 0.700. The number of H-pyrrole nitrogens is 1. The maximum absolute atomic E-state index is 12.4. The maximum atomic E-state index is 12.4. The highest BCUT2D eigenvalue weighted by Crippen LogP contribution is 2.33. The standard InChI is InChI=1S/C14H15N3OS3/c18-12-11-8-3-1-2-4-9(8)21-13(11)17-10(16-12)7-20-14-15-5-6-19-14/h1-7H2,(H,16,17,18). The second-order valence-electron chi connectivity index (χ2n) is 5.19. The molecule has 0 atom stereocenters. The molecule has 0 spiro atoms. The molecular formula is C14H15N3OS3. The van der Waals surface area contributed by atoms with E-state index in [4.69, 9.17) is 0 Å². The molecular weight excluding hydrogens is 322 g/mol. The highest BCUT2D eigenvalue weighted by molar-refractivity contribution is 8.38. The van der Waals surface area contributed by atoms with Crippen LogP contribution >= 0.6 is 34.9 Å². The summed E-state index contributed by atoms with van der Waals surface area (Å²) in [4.78, 5) is 26.7. The van der Waals surface area contributed by atoms with E-state index in [0.29, 0.717) is 5.75 Å². The molecule has 2 aromatic heterocycles. The highest BCUT2D eigenvalue weighted by Gasteiger charge is 2.20. The highest BCUT2D eigenvalue weighted by atomic mass is 32.2. The van der Waals surface area contributed by atoms with E-state index in [9.17, 15) is 4.79 Å². The summed E-state index contributed by atoms with van der Waals surface area (Å²) in [5, 5.41) is 0.844. The predicted molar refractivity (Wildman–Crippen MR) is 92.9 cm³/mol. The Kier molecular flexibility index (Phi) is 3.81. The number of rotatable bonds is 2. The van der Waals surface area contributed by atoms with Gasteiger partial charge >= 0.3 is 0 Å². The number of hydrogen-bond acceptors (Lipinski definition) is 6. The molecule has 2 aromatic rings. The van der Waals surface area contributed by atoms with Crippen molar-refractivity contribution in [3.63, 3.8) is 0 Å². The van der Waals surface area contributed by atoms with Crippen LogP contribution in [0.4, 0.5) is 0 Å². The first kappa shape index (κ1) is 13.8. The van der Waals surface area contributed by atoms with Crippen molar-refractivity contribution in [2.24, 2.45) is 4.99 Å². The van der Waals surface area contributed by atoms with Crippen LogP contribution in [0.3, 0.4) is 0 Å². The fraction of sp³-hybridized carbons (Fsp3) is 0.500. The molecule has 110 valence electrons. The average Bonchev–Trinajstić information content (AvgIpc) is 3.12. The first-order valence-corrected chi connectivity index (χ1v) is 9.93. The van der Waals surface area contributed by atoms with Gasteiger partial charge in [-0.3, -0.25) is 9.79 Å². The predicted octanol–water partition coefficient (Wildman–Crippen LogP) is 3.20. The molecule has 0 saturated heterocycles. The van der Waals surface area contributed by atoms with Gasteiger partial charge in [0.15, 0.2) is 0 Å². The van der Waals surface area contributed by atoms with E-state index >= 15 is 0 Å². The summed E-state index contributed by atoms with van der Waals surface area (Å²) in [5.74, 6) is 2.54. The van der Waals surface area contributed by atoms with Crippen LogP contribution in [0.25, 0.3) is 10.2 Å². The van der Waals surface area contributed by atoms with Gasteiger partial charge in [0.05, 0.1) is 17.7 Å². The molecule has 2 aliphatic rings. The Labute approximate surface area is 134 Å². The van der Waals surface area contributed by atoms with E-state index in [1.165, 1.54) is 23.3 Å². The summed E-state index contributed by atoms with van der Waals surface area (Å²) < 4.78 is 1.11. The van der Waals surface area contributed by atoms with Crippen LogP contribution < -0.4 is 5.56 Å². The molecule has 0 aromatic carbocycles. The Balaban J connectivity index is 1.67. The van der Waals surface area contributed by atoms with E-state index in [1.807, 2.05) is 0 Å². The van der Waals surface area contributed by atoms with Gasteiger partial charge in [0.2, 0.25) is 0 Å². The lowest BCUT2D eigenvalue weighted by atomic mass is 9.97. The molecule has 0 saturated carbocycles. The monoisotopic (exact) mass is 337 g/mol. The van der Waals surface area contributed by atoms with Crippen molar-refractivity contribution >= 4 is 49.5 Å². The average molecular weight is 337 g/mol. The van der Waals surface area contributed by atoms with E-state index < -0.39 is 0 Å². The van der Waals surface area contributed by atoms with Crippen LogP contribution in [-0.2, 0) is 18.6 Å². The Bertz CT molecular complexity index is 778. The summed E-state index contributed by atoms with van der Waals surface area (Å²) >= 11 is 5.17. The minimum absolute atomic E-state index is 0.0380. The third-order valence-electron chi connectivity index (χ3n) is 3.76. The zero-order valence-corrected chi connectivity index (χ0v) is 13.9. The first-order chi connectivity index (χ1) is 10.3. The van der Waals surface area contributed by atoms with E-state index in [0.717, 1.165) is 45.6 Å². The molecule has 1 N–H and O–H groups in total. The molecule has 4 nitrogen and oxygen atoms in total. The van der Waals surface area contributed by atoms with Gasteiger partial charge in [-0.1, -0.05) is 23.5 Å². The Morgan fingerprint density at radius 3 is 3.05 bits per heavy atom. The molecule has 3 heterocycles. The van der Waals surface area contributed by atoms with Gasteiger partial charge in [0.1, 0.15) is 15.0 Å². The molecule has 1 aliphatic carbocycles. The maximum Gasteiger partial charge on any atom is 0.259 e. The number of thioether (sulfide) groups is 2. The summed E-state index contributed by atoms with van der Waals surface area (Å²) in [7, 11) is 0. The van der Waals surface area contributed by atoms with Crippen LogP contribution in [0.1, 0.15) is 29.1 Å². The topological polar surface area (TPSA) is 58.1 Å². The van der Waals surface area contributed by atoms with Gasteiger partial charge in [-0.2, -0.15) is 0 Å². The molecule has 0 bridgehead atoms. The van der Waals surface area contributed by atoms with Crippen LogP contribution in [0.2, 0.25) is 0 Å². The van der Waals surface area contributed by atoms with Crippen LogP contribution in [0.15, 0.2) is 9.79 Å². The molecule has 4 rings (SSSR count). The fourth-order valence-electron chi connectivity index (χ4n) is 2.81. The lowest BCUT2D eigenvalue weighted by Crippen LogP contribution is -2.12. The Morgan fingerprint density at radius 1 is 1.29 bits per heavy atom. The summed E-state index contributed by atoms with van der Waals surface area (Å²) in [6, 6.07) is 0. The zero-order valence-electron chi connectivity index (χ0n) is 11.5. The number of thiophene rings is 1. The largest absolute Gasteiger partial charge is 0.309 e. The van der Waals surface area contributed by atoms with E-state index in [1.54, 1.807) is 34.9 Å². The second-order valence-corrected chi connectivity index (χ2v) is 8.58. The Hall–Kier alpha value is -0.790. The number of aryl methyl sites for hydroxylation is 2. The lowest BCUT2D eigenvalue weighted by Gasteiger charge is -2.09.